The number of rotatable bonds is 9. The van der Waals surface area contributed by atoms with Crippen molar-refractivity contribution in [2.75, 3.05) is 19.9 Å². The lowest BCUT2D eigenvalue weighted by Gasteiger charge is -2.32. The second-order valence-electron chi connectivity index (χ2n) is 9.18. The van der Waals surface area contributed by atoms with Crippen molar-refractivity contribution in [2.24, 2.45) is 0 Å². The Labute approximate surface area is 206 Å². The van der Waals surface area contributed by atoms with Crippen LogP contribution in [-0.4, -0.2) is 56.1 Å². The van der Waals surface area contributed by atoms with Gasteiger partial charge in [-0.1, -0.05) is 6.92 Å². The molecule has 0 saturated carbocycles. The van der Waals surface area contributed by atoms with Gasteiger partial charge in [-0.05, 0) is 54.0 Å². The van der Waals surface area contributed by atoms with E-state index in [9.17, 15) is 4.79 Å². The van der Waals surface area contributed by atoms with E-state index < -0.39 is 0 Å². The highest BCUT2D eigenvalue weighted by Crippen LogP contribution is 2.35. The fraction of sp³-hybridized carbons (Fsp3) is 0.440. The van der Waals surface area contributed by atoms with Gasteiger partial charge < -0.3 is 23.6 Å². The number of pyridine rings is 1. The van der Waals surface area contributed by atoms with Crippen LogP contribution in [0.15, 0.2) is 45.8 Å². The highest BCUT2D eigenvalue weighted by Gasteiger charge is 2.29. The van der Waals surface area contributed by atoms with Crippen LogP contribution in [0.5, 0.6) is 11.5 Å². The van der Waals surface area contributed by atoms with Crippen LogP contribution >= 0.6 is 0 Å². The number of aromatic amines is 1. The van der Waals surface area contributed by atoms with Gasteiger partial charge in [-0.2, -0.15) is 0 Å². The van der Waals surface area contributed by atoms with E-state index in [1.54, 1.807) is 10.9 Å². The Hall–Kier alpha value is -3.70. The number of aromatic nitrogens is 5. The molecule has 2 aliphatic heterocycles. The van der Waals surface area contributed by atoms with Crippen LogP contribution in [0.3, 0.4) is 0 Å². The van der Waals surface area contributed by atoms with Gasteiger partial charge in [0.2, 0.25) is 6.79 Å². The monoisotopic (exact) mass is 492 g/mol. The number of nitrogens with zero attached hydrogens (tertiary/aromatic N) is 5. The zero-order valence-electron chi connectivity index (χ0n) is 20.1. The molecule has 0 amide bonds. The molecule has 11 nitrogen and oxygen atoms in total. The summed E-state index contributed by atoms with van der Waals surface area (Å²) in [5, 5.41) is 13.4. The topological polar surface area (TPSA) is 121 Å². The van der Waals surface area contributed by atoms with Crippen molar-refractivity contribution in [1.82, 2.24) is 30.1 Å². The van der Waals surface area contributed by atoms with E-state index in [4.69, 9.17) is 18.6 Å². The first-order chi connectivity index (χ1) is 17.7. The van der Waals surface area contributed by atoms with Gasteiger partial charge in [-0.3, -0.25) is 9.69 Å². The van der Waals surface area contributed by atoms with Crippen molar-refractivity contribution in [3.63, 3.8) is 0 Å². The average Bonchev–Trinajstić information content (AvgIpc) is 3.68. The molecular formula is C25H28N6O5. The Bertz CT molecular complexity index is 1390. The number of tetrazole rings is 1. The van der Waals surface area contributed by atoms with Crippen LogP contribution in [0.25, 0.3) is 10.9 Å². The smallest absolute Gasteiger partial charge is 0.252 e. The molecule has 1 fully saturated rings. The van der Waals surface area contributed by atoms with Gasteiger partial charge in [0.1, 0.15) is 12.3 Å². The maximum absolute atomic E-state index is 13.1. The fourth-order valence-corrected chi connectivity index (χ4v) is 5.05. The SMILES string of the molecule is CC[C@@H](c1nnnn1Cc1ccco1)N(Cc1cc2cc3c(cc2[nH]c1=O)OCO3)C[C@H]1CCCO1. The van der Waals surface area contributed by atoms with Crippen molar-refractivity contribution in [2.45, 2.75) is 51.4 Å². The molecule has 2 aliphatic rings. The largest absolute Gasteiger partial charge is 0.467 e. The maximum Gasteiger partial charge on any atom is 0.252 e. The van der Waals surface area contributed by atoms with Crippen LogP contribution in [0, 0.1) is 0 Å². The van der Waals surface area contributed by atoms with Crippen LogP contribution in [-0.2, 0) is 17.8 Å². The Morgan fingerprint density at radius 3 is 2.92 bits per heavy atom. The molecule has 36 heavy (non-hydrogen) atoms. The van der Waals surface area contributed by atoms with Crippen molar-refractivity contribution < 1.29 is 18.6 Å². The molecule has 6 rings (SSSR count). The number of fused-ring (bicyclic) bond motifs is 2. The summed E-state index contributed by atoms with van der Waals surface area (Å²) in [5.41, 5.74) is 1.24. The molecule has 0 spiro atoms. The van der Waals surface area contributed by atoms with Crippen molar-refractivity contribution in [3.05, 3.63) is 64.1 Å². The number of benzene rings is 1. The number of ether oxygens (including phenoxy) is 3. The Morgan fingerprint density at radius 2 is 2.14 bits per heavy atom. The average molecular weight is 493 g/mol. The number of furan rings is 1. The zero-order valence-corrected chi connectivity index (χ0v) is 20.1. The van der Waals surface area contributed by atoms with Crippen LogP contribution in [0.2, 0.25) is 0 Å². The molecule has 0 bridgehead atoms. The first-order valence-corrected chi connectivity index (χ1v) is 12.3. The molecular weight excluding hydrogens is 464 g/mol. The minimum atomic E-state index is -0.135. The highest BCUT2D eigenvalue weighted by atomic mass is 16.7. The third-order valence-corrected chi connectivity index (χ3v) is 6.82. The van der Waals surface area contributed by atoms with Gasteiger partial charge in [-0.25, -0.2) is 4.68 Å². The Morgan fingerprint density at radius 1 is 1.25 bits per heavy atom. The minimum absolute atomic E-state index is 0.0989. The van der Waals surface area contributed by atoms with E-state index in [2.05, 4.69) is 32.3 Å². The third-order valence-electron chi connectivity index (χ3n) is 6.82. The second-order valence-corrected chi connectivity index (χ2v) is 9.18. The molecule has 2 atom stereocenters. The number of H-pyrrole nitrogens is 1. The predicted octanol–water partition coefficient (Wildman–Crippen LogP) is 3.02. The quantitative estimate of drug-likeness (QED) is 0.376. The Kier molecular flexibility index (Phi) is 6.16. The van der Waals surface area contributed by atoms with E-state index in [1.807, 2.05) is 30.3 Å². The summed E-state index contributed by atoms with van der Waals surface area (Å²) in [6.45, 7) is 4.57. The van der Waals surface area contributed by atoms with E-state index in [1.165, 1.54) is 0 Å². The number of nitrogens with one attached hydrogen (secondary N) is 1. The molecule has 1 N–H and O–H groups in total. The van der Waals surface area contributed by atoms with Crippen molar-refractivity contribution >= 4 is 10.9 Å². The van der Waals surface area contributed by atoms with Crippen molar-refractivity contribution in [3.8, 4) is 11.5 Å². The van der Waals surface area contributed by atoms with Gasteiger partial charge in [0, 0.05) is 36.7 Å². The van der Waals surface area contributed by atoms with E-state index in [0.717, 1.165) is 42.8 Å². The summed E-state index contributed by atoms with van der Waals surface area (Å²) in [6.07, 6.45) is 4.52. The highest BCUT2D eigenvalue weighted by molar-refractivity contribution is 5.83. The molecule has 0 aliphatic carbocycles. The van der Waals surface area contributed by atoms with Gasteiger partial charge in [0.15, 0.2) is 17.3 Å². The van der Waals surface area contributed by atoms with Crippen LogP contribution in [0.4, 0.5) is 0 Å². The molecule has 5 heterocycles. The maximum atomic E-state index is 13.1. The summed E-state index contributed by atoms with van der Waals surface area (Å²) in [6, 6.07) is 9.27. The normalized spacial score (nSPS) is 17.9. The lowest BCUT2D eigenvalue weighted by atomic mass is 10.1. The van der Waals surface area contributed by atoms with E-state index in [-0.39, 0.29) is 24.5 Å². The molecule has 1 aromatic carbocycles. The van der Waals surface area contributed by atoms with Gasteiger partial charge >= 0.3 is 0 Å². The van der Waals surface area contributed by atoms with Gasteiger partial charge in [0.05, 0.1) is 23.9 Å². The molecule has 0 unspecified atom stereocenters. The lowest BCUT2D eigenvalue weighted by Crippen LogP contribution is -2.37. The third kappa shape index (κ3) is 4.47. The van der Waals surface area contributed by atoms with E-state index in [0.29, 0.717) is 42.2 Å². The summed E-state index contributed by atoms with van der Waals surface area (Å²) in [4.78, 5) is 18.4. The van der Waals surface area contributed by atoms with Crippen LogP contribution < -0.4 is 15.0 Å². The second kappa shape index (κ2) is 9.75. The van der Waals surface area contributed by atoms with Gasteiger partial charge in [0.25, 0.3) is 5.56 Å². The Balaban J connectivity index is 1.34. The fourth-order valence-electron chi connectivity index (χ4n) is 5.05. The summed E-state index contributed by atoms with van der Waals surface area (Å²) >= 11 is 0. The molecule has 3 aromatic heterocycles. The molecule has 11 heteroatoms. The summed E-state index contributed by atoms with van der Waals surface area (Å²) < 4.78 is 24.2. The standard InChI is InChI=1S/C25H28N6O5/c1-2-21(24-27-28-29-31(24)14-19-6-4-8-34-19)30(13-18-5-3-7-33-18)12-17-9-16-10-22-23(36-15-35-22)11-20(16)26-25(17)32/h4,6,8-11,18,21H,2-3,5,7,12-15H2,1H3,(H,26,32)/t18-,21+/m1/s1. The molecule has 1 saturated heterocycles. The van der Waals surface area contributed by atoms with Gasteiger partial charge in [-0.15, -0.1) is 5.10 Å². The zero-order chi connectivity index (χ0) is 24.5. The molecule has 0 radical (unpaired) electrons. The minimum Gasteiger partial charge on any atom is -0.467 e. The summed E-state index contributed by atoms with van der Waals surface area (Å²) in [5.74, 6) is 2.82. The first-order valence-electron chi connectivity index (χ1n) is 12.3. The molecule has 188 valence electrons. The lowest BCUT2D eigenvalue weighted by molar-refractivity contribution is 0.0488. The van der Waals surface area contributed by atoms with E-state index >= 15 is 0 Å². The van der Waals surface area contributed by atoms with Crippen molar-refractivity contribution in [1.29, 1.82) is 0 Å². The predicted molar refractivity (Wildman–Crippen MR) is 129 cm³/mol. The molecule has 4 aromatic rings. The summed E-state index contributed by atoms with van der Waals surface area (Å²) in [7, 11) is 0. The number of hydrogen-bond donors (Lipinski definition) is 1. The van der Waals surface area contributed by atoms with Crippen LogP contribution in [0.1, 0.15) is 49.4 Å². The first kappa shape index (κ1) is 22.7. The number of hydrogen-bond acceptors (Lipinski definition) is 9.